The van der Waals surface area contributed by atoms with Crippen LogP contribution in [-0.2, 0) is 0 Å². The maximum absolute atomic E-state index is 10.8. The third kappa shape index (κ3) is 3.65. The van der Waals surface area contributed by atoms with Gasteiger partial charge in [-0.1, -0.05) is 23.2 Å². The fourth-order valence-electron chi connectivity index (χ4n) is 2.12. The summed E-state index contributed by atoms with van der Waals surface area (Å²) in [5, 5.41) is 15.3. The Bertz CT molecular complexity index is 689. The van der Waals surface area contributed by atoms with E-state index in [0.29, 0.717) is 15.6 Å². The van der Waals surface area contributed by atoms with Crippen LogP contribution in [0.5, 0.6) is 0 Å². The van der Waals surface area contributed by atoms with E-state index < -0.39 is 4.92 Å². The molecule has 0 amide bonds. The number of nitrogens with one attached hydrogen (secondary N) is 1. The smallest absolute Gasteiger partial charge is 0.272 e. The third-order valence-corrected chi connectivity index (χ3v) is 3.78. The van der Waals surface area contributed by atoms with E-state index in [4.69, 9.17) is 23.2 Å². The van der Waals surface area contributed by atoms with E-state index in [9.17, 15) is 10.1 Å². The Balaban J connectivity index is 2.23. The molecule has 0 radical (unpaired) electrons. The van der Waals surface area contributed by atoms with Crippen LogP contribution >= 0.6 is 23.2 Å². The van der Waals surface area contributed by atoms with Crippen molar-refractivity contribution in [1.29, 1.82) is 0 Å². The number of aryl methyl sites for hydroxylation is 1. The van der Waals surface area contributed by atoms with Crippen LogP contribution in [-0.4, -0.2) is 4.92 Å². The largest absolute Gasteiger partial charge is 0.378 e. The lowest BCUT2D eigenvalue weighted by Gasteiger charge is -2.17. The van der Waals surface area contributed by atoms with Crippen molar-refractivity contribution < 1.29 is 4.92 Å². The normalized spacial score (nSPS) is 12.0. The van der Waals surface area contributed by atoms with E-state index in [1.54, 1.807) is 37.3 Å². The Hall–Kier alpha value is -1.78. The van der Waals surface area contributed by atoms with Gasteiger partial charge in [0.25, 0.3) is 5.69 Å². The molecule has 2 aromatic rings. The maximum Gasteiger partial charge on any atom is 0.272 e. The van der Waals surface area contributed by atoms with E-state index in [0.717, 1.165) is 11.3 Å². The van der Waals surface area contributed by atoms with E-state index >= 15 is 0 Å². The highest BCUT2D eigenvalue weighted by molar-refractivity contribution is 6.33. The molecular formula is C15H14Cl2N2O2. The number of nitro benzene ring substituents is 1. The minimum atomic E-state index is -0.392. The maximum atomic E-state index is 10.8. The molecule has 1 unspecified atom stereocenters. The summed E-state index contributed by atoms with van der Waals surface area (Å²) in [5.74, 6) is 0. The van der Waals surface area contributed by atoms with Gasteiger partial charge in [-0.2, -0.15) is 0 Å². The average Bonchev–Trinajstić information content (AvgIpc) is 2.41. The molecule has 0 aliphatic carbocycles. The molecule has 0 aromatic heterocycles. The van der Waals surface area contributed by atoms with Crippen molar-refractivity contribution in [3.8, 4) is 0 Å². The minimum absolute atomic E-state index is 0.0722. The fourth-order valence-corrected chi connectivity index (χ4v) is 2.59. The lowest BCUT2D eigenvalue weighted by molar-refractivity contribution is -0.385. The number of hydrogen-bond donors (Lipinski definition) is 1. The highest BCUT2D eigenvalue weighted by Gasteiger charge is 2.13. The van der Waals surface area contributed by atoms with Crippen LogP contribution in [0.3, 0.4) is 0 Å². The molecule has 4 nitrogen and oxygen atoms in total. The zero-order chi connectivity index (χ0) is 15.6. The van der Waals surface area contributed by atoms with Crippen molar-refractivity contribution in [2.75, 3.05) is 5.32 Å². The first-order valence-electron chi connectivity index (χ1n) is 6.35. The molecule has 0 saturated carbocycles. The quantitative estimate of drug-likeness (QED) is 0.606. The first-order chi connectivity index (χ1) is 9.88. The van der Waals surface area contributed by atoms with Crippen LogP contribution in [0.4, 0.5) is 11.4 Å². The molecule has 0 spiro atoms. The number of hydrogen-bond acceptors (Lipinski definition) is 3. The summed E-state index contributed by atoms with van der Waals surface area (Å²) in [7, 11) is 0. The molecule has 1 atom stereocenters. The zero-order valence-corrected chi connectivity index (χ0v) is 13.1. The molecule has 6 heteroatoms. The Morgan fingerprint density at radius 3 is 2.52 bits per heavy atom. The van der Waals surface area contributed by atoms with Gasteiger partial charge in [0.05, 0.1) is 11.0 Å². The summed E-state index contributed by atoms with van der Waals surface area (Å²) in [4.78, 5) is 10.4. The molecule has 0 heterocycles. The molecule has 0 aliphatic heterocycles. The van der Waals surface area contributed by atoms with Crippen molar-refractivity contribution in [2.45, 2.75) is 19.9 Å². The Morgan fingerprint density at radius 2 is 1.90 bits per heavy atom. The summed E-state index contributed by atoms with van der Waals surface area (Å²) in [5.41, 5.74) is 2.38. The van der Waals surface area contributed by atoms with Crippen LogP contribution in [0.15, 0.2) is 36.4 Å². The van der Waals surface area contributed by atoms with Gasteiger partial charge in [-0.25, -0.2) is 0 Å². The van der Waals surface area contributed by atoms with Crippen molar-refractivity contribution >= 4 is 34.6 Å². The highest BCUT2D eigenvalue weighted by atomic mass is 35.5. The fraction of sp³-hybridized carbons (Fsp3) is 0.200. The van der Waals surface area contributed by atoms with Crippen LogP contribution in [0, 0.1) is 17.0 Å². The lowest BCUT2D eigenvalue weighted by Crippen LogP contribution is -2.07. The zero-order valence-electron chi connectivity index (χ0n) is 11.6. The van der Waals surface area contributed by atoms with Crippen LogP contribution in [0.2, 0.25) is 10.0 Å². The molecule has 2 rings (SSSR count). The number of benzene rings is 2. The van der Waals surface area contributed by atoms with Crippen molar-refractivity contribution in [3.05, 3.63) is 67.7 Å². The van der Waals surface area contributed by atoms with Gasteiger partial charge in [-0.3, -0.25) is 10.1 Å². The SMILES string of the molecule is Cc1cc(NC(C)c2cc(Cl)ccc2Cl)ccc1[N+](=O)[O-]. The Kier molecular flexibility index (Phi) is 4.70. The summed E-state index contributed by atoms with van der Waals surface area (Å²) in [6, 6.07) is 10.1. The van der Waals surface area contributed by atoms with E-state index in [2.05, 4.69) is 5.32 Å². The molecule has 0 saturated heterocycles. The van der Waals surface area contributed by atoms with E-state index in [-0.39, 0.29) is 11.7 Å². The van der Waals surface area contributed by atoms with Gasteiger partial charge in [-0.15, -0.1) is 0 Å². The van der Waals surface area contributed by atoms with Crippen LogP contribution in [0.1, 0.15) is 24.1 Å². The van der Waals surface area contributed by atoms with Crippen molar-refractivity contribution in [1.82, 2.24) is 0 Å². The molecule has 0 fully saturated rings. The predicted octanol–water partition coefficient (Wildman–Crippen LogP) is 5.38. The standard InChI is InChI=1S/C15H14Cl2N2O2/c1-9-7-12(4-6-15(9)19(20)21)18-10(2)13-8-11(16)3-5-14(13)17/h3-8,10,18H,1-2H3. The highest BCUT2D eigenvalue weighted by Crippen LogP contribution is 2.30. The molecule has 1 N–H and O–H groups in total. The Labute approximate surface area is 132 Å². The molecular weight excluding hydrogens is 311 g/mol. The van der Waals surface area contributed by atoms with Gasteiger partial charge in [-0.05, 0) is 49.7 Å². The van der Waals surface area contributed by atoms with Gasteiger partial charge in [0.15, 0.2) is 0 Å². The van der Waals surface area contributed by atoms with E-state index in [1.165, 1.54) is 6.07 Å². The number of anilines is 1. The monoisotopic (exact) mass is 324 g/mol. The summed E-state index contributed by atoms with van der Waals surface area (Å²) < 4.78 is 0. The number of nitrogens with zero attached hydrogens (tertiary/aromatic N) is 1. The summed E-state index contributed by atoms with van der Waals surface area (Å²) in [6.45, 7) is 3.66. The molecule has 2 aromatic carbocycles. The Morgan fingerprint density at radius 1 is 1.19 bits per heavy atom. The predicted molar refractivity (Wildman–Crippen MR) is 86.3 cm³/mol. The average molecular weight is 325 g/mol. The topological polar surface area (TPSA) is 55.2 Å². The molecule has 0 aliphatic rings. The van der Waals surface area contributed by atoms with E-state index in [1.807, 2.05) is 6.92 Å². The minimum Gasteiger partial charge on any atom is -0.378 e. The first kappa shape index (κ1) is 15.6. The van der Waals surface area contributed by atoms with Crippen molar-refractivity contribution in [3.63, 3.8) is 0 Å². The number of rotatable bonds is 4. The van der Waals surface area contributed by atoms with Gasteiger partial charge in [0.2, 0.25) is 0 Å². The second-order valence-electron chi connectivity index (χ2n) is 4.79. The number of halogens is 2. The van der Waals surface area contributed by atoms with Gasteiger partial charge >= 0.3 is 0 Å². The second kappa shape index (κ2) is 6.33. The summed E-state index contributed by atoms with van der Waals surface area (Å²) in [6.07, 6.45) is 0. The van der Waals surface area contributed by atoms with Gasteiger partial charge in [0.1, 0.15) is 0 Å². The third-order valence-electron chi connectivity index (χ3n) is 3.20. The van der Waals surface area contributed by atoms with Crippen molar-refractivity contribution in [2.24, 2.45) is 0 Å². The lowest BCUT2D eigenvalue weighted by atomic mass is 10.1. The van der Waals surface area contributed by atoms with Crippen LogP contribution in [0.25, 0.3) is 0 Å². The molecule has 0 bridgehead atoms. The molecule has 21 heavy (non-hydrogen) atoms. The summed E-state index contributed by atoms with van der Waals surface area (Å²) >= 11 is 12.2. The van der Waals surface area contributed by atoms with Gasteiger partial charge < -0.3 is 5.32 Å². The number of nitro groups is 1. The molecule has 110 valence electrons. The van der Waals surface area contributed by atoms with Crippen LogP contribution < -0.4 is 5.32 Å². The second-order valence-corrected chi connectivity index (χ2v) is 5.63. The first-order valence-corrected chi connectivity index (χ1v) is 7.10. The van der Waals surface area contributed by atoms with Gasteiger partial charge in [0, 0.05) is 27.4 Å².